The molecule has 37 heavy (non-hydrogen) atoms. The Hall–Kier alpha value is -3.94. The first-order chi connectivity index (χ1) is 17.9. The molecular formula is C27H27FN6O3. The first-order valence-electron chi connectivity index (χ1n) is 12.1. The van der Waals surface area contributed by atoms with Gasteiger partial charge in [0.1, 0.15) is 17.6 Å². The number of aromatic nitrogens is 3. The van der Waals surface area contributed by atoms with Crippen LogP contribution in [0.1, 0.15) is 40.2 Å². The van der Waals surface area contributed by atoms with Gasteiger partial charge in [0.15, 0.2) is 5.78 Å². The lowest BCUT2D eigenvalue weighted by molar-refractivity contribution is -0.0180. The number of hydrogen-bond acceptors (Lipinski definition) is 9. The van der Waals surface area contributed by atoms with Gasteiger partial charge in [-0.3, -0.25) is 9.69 Å². The second-order valence-corrected chi connectivity index (χ2v) is 9.39. The minimum absolute atomic E-state index is 0.134. The number of nitrogens with zero attached hydrogens (tertiary/aromatic N) is 6. The Morgan fingerprint density at radius 3 is 2.76 bits per heavy atom. The first-order valence-corrected chi connectivity index (χ1v) is 12.1. The number of ether oxygens (including phenoxy) is 2. The van der Waals surface area contributed by atoms with Gasteiger partial charge in [-0.15, -0.1) is 0 Å². The van der Waals surface area contributed by atoms with Crippen LogP contribution in [-0.4, -0.2) is 72.1 Å². The molecular weight excluding hydrogens is 475 g/mol. The van der Waals surface area contributed by atoms with Gasteiger partial charge in [0, 0.05) is 36.5 Å². The Morgan fingerprint density at radius 2 is 2.00 bits per heavy atom. The molecule has 2 aliphatic heterocycles. The number of anilines is 1. The van der Waals surface area contributed by atoms with Crippen LogP contribution in [0.5, 0.6) is 5.88 Å². The largest absolute Gasteiger partial charge is 0.481 e. The molecule has 1 aromatic carbocycles. The van der Waals surface area contributed by atoms with Gasteiger partial charge in [-0.1, -0.05) is 0 Å². The number of morpholine rings is 1. The zero-order valence-electron chi connectivity index (χ0n) is 20.9. The number of rotatable bonds is 4. The van der Waals surface area contributed by atoms with Crippen LogP contribution < -0.4 is 9.64 Å². The molecule has 2 aliphatic rings. The van der Waals surface area contributed by atoms with Crippen molar-refractivity contribution in [2.45, 2.75) is 25.6 Å². The van der Waals surface area contributed by atoms with Gasteiger partial charge in [-0.25, -0.2) is 19.3 Å². The molecule has 2 unspecified atom stereocenters. The van der Waals surface area contributed by atoms with E-state index in [4.69, 9.17) is 19.4 Å². The van der Waals surface area contributed by atoms with E-state index in [-0.39, 0.29) is 35.7 Å². The summed E-state index contributed by atoms with van der Waals surface area (Å²) in [5.41, 5.74) is 2.68. The number of halogens is 1. The van der Waals surface area contributed by atoms with Crippen molar-refractivity contribution in [3.8, 4) is 23.2 Å². The summed E-state index contributed by atoms with van der Waals surface area (Å²) in [5, 5.41) is 9.18. The van der Waals surface area contributed by atoms with Crippen molar-refractivity contribution in [2.24, 2.45) is 0 Å². The van der Waals surface area contributed by atoms with Gasteiger partial charge in [0.25, 0.3) is 0 Å². The number of Topliss-reactive ketones (excluding diaryl/α,β-unsaturated/α-hetero) is 1. The maximum atomic E-state index is 15.2. The van der Waals surface area contributed by atoms with Gasteiger partial charge in [-0.05, 0) is 50.2 Å². The summed E-state index contributed by atoms with van der Waals surface area (Å²) < 4.78 is 26.7. The highest BCUT2D eigenvalue weighted by Crippen LogP contribution is 2.33. The third kappa shape index (κ3) is 5.01. The molecule has 0 aliphatic carbocycles. The van der Waals surface area contributed by atoms with Gasteiger partial charge in [0.05, 0.1) is 43.6 Å². The monoisotopic (exact) mass is 502 g/mol. The van der Waals surface area contributed by atoms with E-state index < -0.39 is 5.82 Å². The number of pyridine rings is 1. The summed E-state index contributed by atoms with van der Waals surface area (Å²) in [6, 6.07) is 9.96. The number of methoxy groups -OCH3 is 1. The summed E-state index contributed by atoms with van der Waals surface area (Å²) in [7, 11) is 3.43. The number of ketones is 1. The standard InChI is InChI=1S/C27H27FN6O3/c1-16-13-34(15-23(37-16)18-6-8-30-24(11-18)36-3)27-31-25(19-5-4-17(12-29)10-21(19)28)20-7-9-33(2)14-22(35)26(20)32-27/h4-6,8,10-11,16,23H,7,9,13-15H2,1-3H3. The Morgan fingerprint density at radius 1 is 1.19 bits per heavy atom. The molecule has 0 radical (unpaired) electrons. The zero-order chi connectivity index (χ0) is 26.1. The van der Waals surface area contributed by atoms with Gasteiger partial charge in [0.2, 0.25) is 11.8 Å². The SMILES string of the molecule is COc1cc(C2CN(c3nc4c(c(-c5ccc(C#N)cc5F)n3)CCN(C)CC4=O)CC(C)O2)ccn1. The molecule has 2 aromatic heterocycles. The first kappa shape index (κ1) is 24.7. The molecule has 0 saturated carbocycles. The predicted octanol–water partition coefficient (Wildman–Crippen LogP) is 3.19. The number of nitriles is 1. The van der Waals surface area contributed by atoms with Crippen molar-refractivity contribution in [3.63, 3.8) is 0 Å². The Bertz CT molecular complexity index is 1390. The van der Waals surface area contributed by atoms with E-state index in [1.165, 1.54) is 6.07 Å². The molecule has 4 heterocycles. The lowest BCUT2D eigenvalue weighted by Crippen LogP contribution is -2.44. The molecule has 9 nitrogen and oxygen atoms in total. The van der Waals surface area contributed by atoms with Gasteiger partial charge in [-0.2, -0.15) is 5.26 Å². The Labute approximate surface area is 214 Å². The molecule has 3 aromatic rings. The van der Waals surface area contributed by atoms with Crippen molar-refractivity contribution >= 4 is 11.7 Å². The molecule has 0 amide bonds. The van der Waals surface area contributed by atoms with Crippen LogP contribution in [0.2, 0.25) is 0 Å². The van der Waals surface area contributed by atoms with Crippen LogP contribution in [-0.2, 0) is 11.2 Å². The third-order valence-electron chi connectivity index (χ3n) is 6.65. The van der Waals surface area contributed by atoms with Crippen molar-refractivity contribution in [2.75, 3.05) is 45.2 Å². The number of hydrogen-bond donors (Lipinski definition) is 0. The highest BCUT2D eigenvalue weighted by Gasteiger charge is 2.32. The second kappa shape index (κ2) is 10.2. The zero-order valence-corrected chi connectivity index (χ0v) is 20.9. The lowest BCUT2D eigenvalue weighted by atomic mass is 9.99. The highest BCUT2D eigenvalue weighted by molar-refractivity contribution is 5.99. The van der Waals surface area contributed by atoms with Crippen molar-refractivity contribution in [1.82, 2.24) is 19.9 Å². The number of likely N-dealkylation sites (N-methyl/N-ethyl adjacent to an activating group) is 1. The molecule has 0 bridgehead atoms. The lowest BCUT2D eigenvalue weighted by Gasteiger charge is -2.37. The Balaban J connectivity index is 1.60. The maximum absolute atomic E-state index is 15.2. The summed E-state index contributed by atoms with van der Waals surface area (Å²) >= 11 is 0. The molecule has 1 saturated heterocycles. The number of carbonyl (C=O) groups is 1. The molecule has 0 N–H and O–H groups in total. The molecule has 190 valence electrons. The maximum Gasteiger partial charge on any atom is 0.226 e. The average molecular weight is 503 g/mol. The summed E-state index contributed by atoms with van der Waals surface area (Å²) in [4.78, 5) is 30.8. The molecule has 1 fully saturated rings. The number of carbonyl (C=O) groups excluding carboxylic acids is 1. The second-order valence-electron chi connectivity index (χ2n) is 9.39. The van der Waals surface area contributed by atoms with Crippen LogP contribution in [0.25, 0.3) is 11.3 Å². The van der Waals surface area contributed by atoms with E-state index in [1.54, 1.807) is 25.4 Å². The van der Waals surface area contributed by atoms with Crippen LogP contribution in [0.3, 0.4) is 0 Å². The predicted molar refractivity (Wildman–Crippen MR) is 134 cm³/mol. The van der Waals surface area contributed by atoms with E-state index in [0.29, 0.717) is 54.8 Å². The fourth-order valence-corrected chi connectivity index (χ4v) is 4.82. The quantitative estimate of drug-likeness (QED) is 0.532. The van der Waals surface area contributed by atoms with E-state index in [0.717, 1.165) is 5.56 Å². The smallest absolute Gasteiger partial charge is 0.226 e. The van der Waals surface area contributed by atoms with E-state index in [2.05, 4.69) is 4.98 Å². The van der Waals surface area contributed by atoms with Crippen molar-refractivity contribution in [3.05, 3.63) is 64.7 Å². The molecule has 5 rings (SSSR count). The number of fused-ring (bicyclic) bond motifs is 1. The van der Waals surface area contributed by atoms with Crippen molar-refractivity contribution < 1.29 is 18.7 Å². The minimum atomic E-state index is -0.562. The molecule has 10 heteroatoms. The summed E-state index contributed by atoms with van der Waals surface area (Å²) in [6.07, 6.45) is 1.71. The topological polar surface area (TPSA) is 104 Å². The van der Waals surface area contributed by atoms with Gasteiger partial charge >= 0.3 is 0 Å². The van der Waals surface area contributed by atoms with Crippen LogP contribution in [0.15, 0.2) is 36.5 Å². The highest BCUT2D eigenvalue weighted by atomic mass is 19.1. The minimum Gasteiger partial charge on any atom is -0.481 e. The normalized spacial score (nSPS) is 20.2. The fraction of sp³-hybridized carbons (Fsp3) is 0.370. The van der Waals surface area contributed by atoms with Crippen LogP contribution >= 0.6 is 0 Å². The fourth-order valence-electron chi connectivity index (χ4n) is 4.82. The number of benzene rings is 1. The average Bonchev–Trinajstić information content (AvgIpc) is 3.05. The Kier molecular flexibility index (Phi) is 6.82. The van der Waals surface area contributed by atoms with E-state index in [9.17, 15) is 10.1 Å². The summed E-state index contributed by atoms with van der Waals surface area (Å²) in [5.74, 6) is 0.135. The van der Waals surface area contributed by atoms with Crippen LogP contribution in [0.4, 0.5) is 10.3 Å². The summed E-state index contributed by atoms with van der Waals surface area (Å²) in [6.45, 7) is 3.73. The third-order valence-corrected chi connectivity index (χ3v) is 6.65. The van der Waals surface area contributed by atoms with Gasteiger partial charge < -0.3 is 14.4 Å². The molecule has 0 spiro atoms. The van der Waals surface area contributed by atoms with Crippen molar-refractivity contribution in [1.29, 1.82) is 5.26 Å². The van der Waals surface area contributed by atoms with E-state index >= 15 is 4.39 Å². The molecule has 2 atom stereocenters. The van der Waals surface area contributed by atoms with E-state index in [1.807, 2.05) is 42.0 Å². The van der Waals surface area contributed by atoms with Crippen LogP contribution in [0, 0.1) is 17.1 Å².